The van der Waals surface area contributed by atoms with Gasteiger partial charge in [0, 0.05) is 11.4 Å². The second kappa shape index (κ2) is 13.3. The van der Waals surface area contributed by atoms with E-state index in [0.717, 1.165) is 6.07 Å². The standard InChI is InChI=1S/C30H27N3O10/c1-17(29(38)42-15-25(34)31-19-5-9-21(40-2)10-6-19)33-27(36)23-13-4-18(14-24(23)28(33)37)30(39)43-16-26(35)32-20-7-11-22(41-3)12-8-20/h4-14,17H,15-16H2,1-3H3,(H,31,34)(H,32,35)/t17-/m0/s1. The molecule has 13 nitrogen and oxygen atoms in total. The van der Waals surface area contributed by atoms with Crippen molar-refractivity contribution in [3.63, 3.8) is 0 Å². The summed E-state index contributed by atoms with van der Waals surface area (Å²) in [6.07, 6.45) is 0. The number of anilines is 2. The van der Waals surface area contributed by atoms with E-state index in [1.165, 1.54) is 33.3 Å². The van der Waals surface area contributed by atoms with Gasteiger partial charge in [0.15, 0.2) is 13.2 Å². The summed E-state index contributed by atoms with van der Waals surface area (Å²) in [5, 5.41) is 5.11. The van der Waals surface area contributed by atoms with Crippen molar-refractivity contribution in [2.75, 3.05) is 38.1 Å². The van der Waals surface area contributed by atoms with Gasteiger partial charge in [-0.25, -0.2) is 9.59 Å². The first kappa shape index (κ1) is 30.2. The molecule has 43 heavy (non-hydrogen) atoms. The van der Waals surface area contributed by atoms with Crippen LogP contribution in [-0.4, -0.2) is 73.9 Å². The normalized spacial score (nSPS) is 12.6. The van der Waals surface area contributed by atoms with E-state index in [1.54, 1.807) is 48.5 Å². The van der Waals surface area contributed by atoms with Gasteiger partial charge in [-0.1, -0.05) is 0 Å². The van der Waals surface area contributed by atoms with Crippen molar-refractivity contribution in [1.29, 1.82) is 0 Å². The van der Waals surface area contributed by atoms with Gasteiger partial charge in [0.2, 0.25) is 0 Å². The van der Waals surface area contributed by atoms with E-state index in [-0.39, 0.29) is 16.7 Å². The molecule has 0 fully saturated rings. The number of hydrogen-bond acceptors (Lipinski definition) is 10. The predicted octanol–water partition coefficient (Wildman–Crippen LogP) is 2.67. The van der Waals surface area contributed by atoms with E-state index in [0.29, 0.717) is 27.8 Å². The molecule has 0 radical (unpaired) electrons. The highest BCUT2D eigenvalue weighted by molar-refractivity contribution is 6.23. The lowest BCUT2D eigenvalue weighted by molar-refractivity contribution is -0.150. The number of rotatable bonds is 11. The molecule has 0 saturated carbocycles. The number of carbonyl (C=O) groups excluding carboxylic acids is 6. The van der Waals surface area contributed by atoms with E-state index < -0.39 is 54.8 Å². The van der Waals surface area contributed by atoms with Crippen molar-refractivity contribution in [2.45, 2.75) is 13.0 Å². The highest BCUT2D eigenvalue weighted by atomic mass is 16.5. The molecule has 1 atom stereocenters. The first-order chi connectivity index (χ1) is 20.6. The van der Waals surface area contributed by atoms with Gasteiger partial charge in [0.1, 0.15) is 17.5 Å². The topological polar surface area (TPSA) is 167 Å². The predicted molar refractivity (Wildman–Crippen MR) is 151 cm³/mol. The maximum absolute atomic E-state index is 13.1. The molecular weight excluding hydrogens is 562 g/mol. The number of nitrogens with one attached hydrogen (secondary N) is 2. The van der Waals surface area contributed by atoms with Crippen LogP contribution in [0.25, 0.3) is 0 Å². The van der Waals surface area contributed by atoms with Gasteiger partial charge in [-0.3, -0.25) is 24.1 Å². The SMILES string of the molecule is COc1ccc(NC(=O)COC(=O)c2ccc3c(c2)C(=O)N([C@@H](C)C(=O)OCC(=O)Nc2ccc(OC)cc2)C3=O)cc1. The molecule has 3 aromatic carbocycles. The average Bonchev–Trinajstić information content (AvgIpc) is 3.27. The van der Waals surface area contributed by atoms with Crippen LogP contribution in [0.4, 0.5) is 11.4 Å². The largest absolute Gasteiger partial charge is 0.497 e. The van der Waals surface area contributed by atoms with Gasteiger partial charge in [-0.2, -0.15) is 0 Å². The number of benzene rings is 3. The third-order valence-electron chi connectivity index (χ3n) is 6.31. The van der Waals surface area contributed by atoms with E-state index in [1.807, 2.05) is 0 Å². The molecule has 1 aliphatic rings. The van der Waals surface area contributed by atoms with Crippen LogP contribution < -0.4 is 20.1 Å². The Morgan fingerprint density at radius 2 is 1.19 bits per heavy atom. The van der Waals surface area contributed by atoms with Gasteiger partial charge in [0.05, 0.1) is 30.9 Å². The number of hydrogen-bond donors (Lipinski definition) is 2. The molecule has 1 heterocycles. The molecule has 13 heteroatoms. The number of esters is 2. The van der Waals surface area contributed by atoms with Crippen molar-refractivity contribution < 1.29 is 47.7 Å². The van der Waals surface area contributed by atoms with Gasteiger partial charge >= 0.3 is 11.9 Å². The third-order valence-corrected chi connectivity index (χ3v) is 6.31. The lowest BCUT2D eigenvalue weighted by Gasteiger charge is -2.20. The second-order valence-electron chi connectivity index (χ2n) is 9.15. The second-order valence-corrected chi connectivity index (χ2v) is 9.15. The Morgan fingerprint density at radius 3 is 1.70 bits per heavy atom. The summed E-state index contributed by atoms with van der Waals surface area (Å²) in [4.78, 5) is 76.2. The summed E-state index contributed by atoms with van der Waals surface area (Å²) in [7, 11) is 3.01. The number of ether oxygens (including phenoxy) is 4. The quantitative estimate of drug-likeness (QED) is 0.251. The Hall–Kier alpha value is -5.72. The zero-order chi connectivity index (χ0) is 31.1. The summed E-state index contributed by atoms with van der Waals surface area (Å²) in [5.41, 5.74) is 0.677. The number of amides is 4. The van der Waals surface area contributed by atoms with Crippen LogP contribution in [0.3, 0.4) is 0 Å². The van der Waals surface area contributed by atoms with Gasteiger partial charge < -0.3 is 29.6 Å². The molecular formula is C30H27N3O10. The fourth-order valence-corrected chi connectivity index (χ4v) is 4.06. The highest BCUT2D eigenvalue weighted by Crippen LogP contribution is 2.27. The molecule has 0 spiro atoms. The number of methoxy groups -OCH3 is 2. The minimum atomic E-state index is -1.36. The van der Waals surface area contributed by atoms with Gasteiger partial charge in [-0.05, 0) is 73.7 Å². The summed E-state index contributed by atoms with van der Waals surface area (Å²) in [5.74, 6) is -3.52. The Balaban J connectivity index is 1.31. The number of imide groups is 1. The molecule has 0 bridgehead atoms. The maximum atomic E-state index is 13.1. The van der Waals surface area contributed by atoms with Crippen molar-refractivity contribution in [3.05, 3.63) is 83.4 Å². The summed E-state index contributed by atoms with van der Waals surface area (Å²) in [6, 6.07) is 15.3. The van der Waals surface area contributed by atoms with Crippen LogP contribution in [0.5, 0.6) is 11.5 Å². The molecule has 0 saturated heterocycles. The number of fused-ring (bicyclic) bond motifs is 1. The van der Waals surface area contributed by atoms with Crippen molar-refractivity contribution >= 4 is 46.9 Å². The van der Waals surface area contributed by atoms with E-state index in [9.17, 15) is 28.8 Å². The highest BCUT2D eigenvalue weighted by Gasteiger charge is 2.42. The van der Waals surface area contributed by atoms with Crippen LogP contribution in [0.1, 0.15) is 38.0 Å². The first-order valence-corrected chi connectivity index (χ1v) is 12.8. The zero-order valence-electron chi connectivity index (χ0n) is 23.4. The smallest absolute Gasteiger partial charge is 0.338 e. The molecule has 4 rings (SSSR count). The molecule has 0 aromatic heterocycles. The van der Waals surface area contributed by atoms with E-state index in [2.05, 4.69) is 10.6 Å². The molecule has 0 unspecified atom stereocenters. The van der Waals surface area contributed by atoms with Crippen LogP contribution in [-0.2, 0) is 23.9 Å². The lowest BCUT2D eigenvalue weighted by Crippen LogP contribution is -2.44. The van der Waals surface area contributed by atoms with Crippen molar-refractivity contribution in [3.8, 4) is 11.5 Å². The van der Waals surface area contributed by atoms with E-state index >= 15 is 0 Å². The molecule has 4 amide bonds. The summed E-state index contributed by atoms with van der Waals surface area (Å²) < 4.78 is 20.2. The zero-order valence-corrected chi connectivity index (χ0v) is 23.4. The lowest BCUT2D eigenvalue weighted by atomic mass is 10.1. The Morgan fingerprint density at radius 1 is 0.698 bits per heavy atom. The summed E-state index contributed by atoms with van der Waals surface area (Å²) >= 11 is 0. The molecule has 1 aliphatic heterocycles. The average molecular weight is 590 g/mol. The van der Waals surface area contributed by atoms with Crippen LogP contribution >= 0.6 is 0 Å². The summed E-state index contributed by atoms with van der Waals surface area (Å²) in [6.45, 7) is 0.0261. The Labute approximate surface area is 245 Å². The van der Waals surface area contributed by atoms with Crippen LogP contribution in [0.2, 0.25) is 0 Å². The monoisotopic (exact) mass is 589 g/mol. The van der Waals surface area contributed by atoms with Crippen LogP contribution in [0, 0.1) is 0 Å². The molecule has 222 valence electrons. The fraction of sp³-hybridized carbons (Fsp3) is 0.200. The van der Waals surface area contributed by atoms with Crippen molar-refractivity contribution in [1.82, 2.24) is 4.90 Å². The fourth-order valence-electron chi connectivity index (χ4n) is 4.06. The molecule has 0 aliphatic carbocycles. The number of nitrogens with zero attached hydrogens (tertiary/aromatic N) is 1. The minimum absolute atomic E-state index is 0.0318. The molecule has 2 N–H and O–H groups in total. The number of carbonyl (C=O) groups is 6. The molecule has 3 aromatic rings. The Bertz CT molecular complexity index is 1570. The van der Waals surface area contributed by atoms with Crippen LogP contribution in [0.15, 0.2) is 66.7 Å². The maximum Gasteiger partial charge on any atom is 0.338 e. The Kier molecular flexibility index (Phi) is 9.35. The third kappa shape index (κ3) is 7.14. The van der Waals surface area contributed by atoms with Gasteiger partial charge in [-0.15, -0.1) is 0 Å². The van der Waals surface area contributed by atoms with Crippen molar-refractivity contribution in [2.24, 2.45) is 0 Å². The van der Waals surface area contributed by atoms with E-state index in [4.69, 9.17) is 18.9 Å². The minimum Gasteiger partial charge on any atom is -0.497 e. The van der Waals surface area contributed by atoms with Gasteiger partial charge in [0.25, 0.3) is 23.6 Å². The first-order valence-electron chi connectivity index (χ1n) is 12.8.